The number of carboxylic acids is 1. The first kappa shape index (κ1) is 17.7. The highest BCUT2D eigenvalue weighted by molar-refractivity contribution is 5.86. The van der Waals surface area contributed by atoms with Crippen LogP contribution in [0.4, 0.5) is 4.79 Å². The zero-order valence-corrected chi connectivity index (χ0v) is 11.7. The molecule has 114 valence electrons. The van der Waals surface area contributed by atoms with Gasteiger partial charge in [-0.1, -0.05) is 6.92 Å². The standard InChI is InChI=1S/C11H20N4O5/c1-7(10(19)12-2)6-15(3)11(20)14-4-8(16)13-5-9(17)18/h7H,4-6H2,1-3H3,(H,12,19)(H,13,16)(H,14,20)(H,17,18). The average molecular weight is 288 g/mol. The molecule has 0 aromatic carbocycles. The Bertz CT molecular complexity index is 385. The van der Waals surface area contributed by atoms with E-state index < -0.39 is 24.5 Å². The summed E-state index contributed by atoms with van der Waals surface area (Å²) >= 11 is 0. The molecule has 9 nitrogen and oxygen atoms in total. The van der Waals surface area contributed by atoms with E-state index in [1.807, 2.05) is 0 Å². The van der Waals surface area contributed by atoms with Crippen molar-refractivity contribution in [2.75, 3.05) is 33.7 Å². The van der Waals surface area contributed by atoms with Crippen molar-refractivity contribution in [3.05, 3.63) is 0 Å². The van der Waals surface area contributed by atoms with Crippen molar-refractivity contribution in [1.82, 2.24) is 20.9 Å². The van der Waals surface area contributed by atoms with Gasteiger partial charge >= 0.3 is 12.0 Å². The Morgan fingerprint density at radius 2 is 1.75 bits per heavy atom. The fourth-order valence-electron chi connectivity index (χ4n) is 1.35. The van der Waals surface area contributed by atoms with E-state index in [2.05, 4.69) is 16.0 Å². The largest absolute Gasteiger partial charge is 0.480 e. The number of urea groups is 1. The Hall–Kier alpha value is -2.32. The van der Waals surface area contributed by atoms with Gasteiger partial charge in [0.2, 0.25) is 11.8 Å². The molecule has 0 radical (unpaired) electrons. The third-order valence-electron chi connectivity index (χ3n) is 2.43. The summed E-state index contributed by atoms with van der Waals surface area (Å²) in [6.07, 6.45) is 0. The van der Waals surface area contributed by atoms with Crippen molar-refractivity contribution >= 4 is 23.8 Å². The topological polar surface area (TPSA) is 128 Å². The molecular weight excluding hydrogens is 268 g/mol. The minimum absolute atomic E-state index is 0.191. The summed E-state index contributed by atoms with van der Waals surface area (Å²) in [5, 5.41) is 15.3. The van der Waals surface area contributed by atoms with Crippen molar-refractivity contribution in [1.29, 1.82) is 0 Å². The summed E-state index contributed by atoms with van der Waals surface area (Å²) in [5.41, 5.74) is 0. The lowest BCUT2D eigenvalue weighted by Crippen LogP contribution is -2.46. The number of carboxylic acid groups (broad SMARTS) is 1. The molecular formula is C11H20N4O5. The molecule has 0 aliphatic carbocycles. The monoisotopic (exact) mass is 288 g/mol. The van der Waals surface area contributed by atoms with E-state index in [1.165, 1.54) is 19.0 Å². The number of hydrogen-bond donors (Lipinski definition) is 4. The number of amides is 4. The normalized spacial score (nSPS) is 11.2. The third-order valence-corrected chi connectivity index (χ3v) is 2.43. The number of carbonyl (C=O) groups is 4. The van der Waals surface area contributed by atoms with E-state index >= 15 is 0 Å². The molecule has 0 heterocycles. The van der Waals surface area contributed by atoms with Gasteiger partial charge in [0.05, 0.1) is 12.5 Å². The van der Waals surface area contributed by atoms with Gasteiger partial charge in [-0.25, -0.2) is 4.79 Å². The molecule has 9 heteroatoms. The van der Waals surface area contributed by atoms with Crippen LogP contribution in [-0.2, 0) is 14.4 Å². The highest BCUT2D eigenvalue weighted by atomic mass is 16.4. The van der Waals surface area contributed by atoms with Crippen LogP contribution >= 0.6 is 0 Å². The van der Waals surface area contributed by atoms with E-state index in [9.17, 15) is 19.2 Å². The maximum absolute atomic E-state index is 11.6. The van der Waals surface area contributed by atoms with Crippen LogP contribution in [0.1, 0.15) is 6.92 Å². The van der Waals surface area contributed by atoms with Gasteiger partial charge < -0.3 is 26.0 Å². The molecule has 0 aliphatic heterocycles. The molecule has 0 saturated carbocycles. The molecule has 1 unspecified atom stereocenters. The smallest absolute Gasteiger partial charge is 0.322 e. The molecule has 20 heavy (non-hydrogen) atoms. The number of rotatable bonds is 7. The summed E-state index contributed by atoms with van der Waals surface area (Å²) in [4.78, 5) is 45.6. The maximum Gasteiger partial charge on any atom is 0.322 e. The summed E-state index contributed by atoms with van der Waals surface area (Å²) in [6.45, 7) is 1.04. The Morgan fingerprint density at radius 3 is 2.25 bits per heavy atom. The Morgan fingerprint density at radius 1 is 1.15 bits per heavy atom. The fourth-order valence-corrected chi connectivity index (χ4v) is 1.35. The van der Waals surface area contributed by atoms with Crippen LogP contribution in [0.5, 0.6) is 0 Å². The van der Waals surface area contributed by atoms with Crippen molar-refractivity contribution in [2.45, 2.75) is 6.92 Å². The van der Waals surface area contributed by atoms with E-state index in [4.69, 9.17) is 5.11 Å². The van der Waals surface area contributed by atoms with E-state index in [1.54, 1.807) is 6.92 Å². The average Bonchev–Trinajstić information content (AvgIpc) is 2.40. The molecule has 0 aromatic heterocycles. The predicted molar refractivity (Wildman–Crippen MR) is 69.9 cm³/mol. The second kappa shape index (κ2) is 8.73. The van der Waals surface area contributed by atoms with E-state index in [0.29, 0.717) is 0 Å². The van der Waals surface area contributed by atoms with Gasteiger partial charge in [0, 0.05) is 20.6 Å². The Labute approximate surface area is 116 Å². The van der Waals surface area contributed by atoms with Gasteiger partial charge in [-0.05, 0) is 0 Å². The van der Waals surface area contributed by atoms with E-state index in [-0.39, 0.29) is 24.9 Å². The van der Waals surface area contributed by atoms with Crippen LogP contribution < -0.4 is 16.0 Å². The van der Waals surface area contributed by atoms with Crippen LogP contribution in [0.3, 0.4) is 0 Å². The first-order valence-electron chi connectivity index (χ1n) is 5.97. The highest BCUT2D eigenvalue weighted by Crippen LogP contribution is 1.98. The van der Waals surface area contributed by atoms with Gasteiger partial charge in [-0.3, -0.25) is 14.4 Å². The second-order valence-electron chi connectivity index (χ2n) is 4.22. The highest BCUT2D eigenvalue weighted by Gasteiger charge is 2.17. The minimum atomic E-state index is -1.17. The van der Waals surface area contributed by atoms with Crippen LogP contribution in [0.15, 0.2) is 0 Å². The zero-order valence-electron chi connectivity index (χ0n) is 11.7. The van der Waals surface area contributed by atoms with Crippen LogP contribution in [0.2, 0.25) is 0 Å². The summed E-state index contributed by atoms with van der Waals surface area (Å²) in [6, 6.07) is -0.522. The number of nitrogens with one attached hydrogen (secondary N) is 3. The maximum atomic E-state index is 11.6. The Kier molecular flexibility index (Phi) is 7.71. The lowest BCUT2D eigenvalue weighted by Gasteiger charge is -2.21. The SMILES string of the molecule is CNC(=O)C(C)CN(C)C(=O)NCC(=O)NCC(=O)O. The van der Waals surface area contributed by atoms with Gasteiger partial charge in [0.1, 0.15) is 6.54 Å². The molecule has 4 amide bonds. The molecule has 0 fully saturated rings. The second-order valence-corrected chi connectivity index (χ2v) is 4.22. The number of nitrogens with zero attached hydrogens (tertiary/aromatic N) is 1. The van der Waals surface area contributed by atoms with Crippen LogP contribution in [0, 0.1) is 5.92 Å². The minimum Gasteiger partial charge on any atom is -0.480 e. The first-order valence-corrected chi connectivity index (χ1v) is 5.97. The van der Waals surface area contributed by atoms with Gasteiger partial charge in [0.25, 0.3) is 0 Å². The van der Waals surface area contributed by atoms with E-state index in [0.717, 1.165) is 0 Å². The van der Waals surface area contributed by atoms with Crippen molar-refractivity contribution < 1.29 is 24.3 Å². The molecule has 0 rings (SSSR count). The van der Waals surface area contributed by atoms with Crippen molar-refractivity contribution in [2.24, 2.45) is 5.92 Å². The molecule has 0 spiro atoms. The van der Waals surface area contributed by atoms with Crippen molar-refractivity contribution in [3.8, 4) is 0 Å². The number of hydrogen-bond acceptors (Lipinski definition) is 4. The fraction of sp³-hybridized carbons (Fsp3) is 0.636. The molecule has 0 aromatic rings. The number of carbonyl (C=O) groups excluding carboxylic acids is 3. The van der Waals surface area contributed by atoms with Crippen LogP contribution in [0.25, 0.3) is 0 Å². The summed E-state index contributed by atoms with van der Waals surface area (Å²) in [5.74, 6) is -2.34. The quantitative estimate of drug-likeness (QED) is 0.440. The zero-order chi connectivity index (χ0) is 15.7. The van der Waals surface area contributed by atoms with Gasteiger partial charge in [-0.2, -0.15) is 0 Å². The molecule has 0 aliphatic rings. The summed E-state index contributed by atoms with van der Waals surface area (Å²) < 4.78 is 0. The molecule has 1 atom stereocenters. The number of aliphatic carboxylic acids is 1. The molecule has 0 bridgehead atoms. The lowest BCUT2D eigenvalue weighted by molar-refractivity contribution is -0.137. The lowest BCUT2D eigenvalue weighted by atomic mass is 10.1. The molecule has 0 saturated heterocycles. The Balaban J connectivity index is 4.05. The summed E-state index contributed by atoms with van der Waals surface area (Å²) in [7, 11) is 3.00. The first-order chi connectivity index (χ1) is 9.27. The van der Waals surface area contributed by atoms with Gasteiger partial charge in [0.15, 0.2) is 0 Å². The van der Waals surface area contributed by atoms with Crippen molar-refractivity contribution in [3.63, 3.8) is 0 Å². The molecule has 4 N–H and O–H groups in total. The third kappa shape index (κ3) is 7.19. The predicted octanol–water partition coefficient (Wildman–Crippen LogP) is -1.79. The van der Waals surface area contributed by atoms with Gasteiger partial charge in [-0.15, -0.1) is 0 Å². The van der Waals surface area contributed by atoms with Crippen LogP contribution in [-0.4, -0.2) is 67.6 Å².